The summed E-state index contributed by atoms with van der Waals surface area (Å²) in [5, 5.41) is 12.6. The van der Waals surface area contributed by atoms with Crippen LogP contribution < -0.4 is 14.8 Å². The van der Waals surface area contributed by atoms with Crippen LogP contribution in [0.3, 0.4) is 0 Å². The first-order valence-corrected chi connectivity index (χ1v) is 13.9. The first-order valence-electron chi connectivity index (χ1n) is 12.4. The maximum Gasteiger partial charge on any atom is 0.338 e. The largest absolute Gasteiger partial charge is 0.497 e. The number of carbonyl (C=O) groups is 2. The Morgan fingerprint density at radius 1 is 0.929 bits per heavy atom. The van der Waals surface area contributed by atoms with Gasteiger partial charge in [0.25, 0.3) is 5.91 Å². The molecule has 42 heavy (non-hydrogen) atoms. The molecule has 1 amide bonds. The van der Waals surface area contributed by atoms with Crippen LogP contribution in [0.25, 0.3) is 22.5 Å². The van der Waals surface area contributed by atoms with Crippen LogP contribution in [0.2, 0.25) is 0 Å². The van der Waals surface area contributed by atoms with Crippen molar-refractivity contribution in [1.29, 1.82) is 5.26 Å². The molecule has 0 radical (unpaired) electrons. The first kappa shape index (κ1) is 29.9. The molecule has 0 bridgehead atoms. The van der Waals surface area contributed by atoms with Crippen LogP contribution in [-0.2, 0) is 19.6 Å². The van der Waals surface area contributed by atoms with Gasteiger partial charge in [-0.1, -0.05) is 18.2 Å². The average molecular weight is 590 g/mol. The molecule has 1 heterocycles. The second-order valence-corrected chi connectivity index (χ2v) is 11.2. The van der Waals surface area contributed by atoms with E-state index in [2.05, 4.69) is 11.4 Å². The summed E-state index contributed by atoms with van der Waals surface area (Å²) in [6.07, 6.45) is 0. The molecule has 0 saturated heterocycles. The number of anilines is 1. The second kappa shape index (κ2) is 12.6. The van der Waals surface area contributed by atoms with Gasteiger partial charge in [-0.25, -0.2) is 17.5 Å². The monoisotopic (exact) mass is 589 g/mol. The number of methoxy groups -OCH3 is 2. The smallest absolute Gasteiger partial charge is 0.338 e. The lowest BCUT2D eigenvalue weighted by molar-refractivity contribution is -0.119. The number of nitrogens with zero attached hydrogens (tertiary/aromatic N) is 2. The van der Waals surface area contributed by atoms with Crippen molar-refractivity contribution in [2.75, 3.05) is 40.2 Å². The third-order valence-corrected chi connectivity index (χ3v) is 8.00. The Labute approximate surface area is 242 Å². The fourth-order valence-corrected chi connectivity index (χ4v) is 4.92. The molecular weight excluding hydrogens is 562 g/mol. The van der Waals surface area contributed by atoms with E-state index >= 15 is 0 Å². The number of hydrogen-bond donors (Lipinski definition) is 1. The summed E-state index contributed by atoms with van der Waals surface area (Å²) >= 11 is 0. The summed E-state index contributed by atoms with van der Waals surface area (Å²) in [7, 11) is 2.04. The zero-order chi connectivity index (χ0) is 30.4. The van der Waals surface area contributed by atoms with Crippen molar-refractivity contribution in [2.45, 2.75) is 4.90 Å². The average Bonchev–Trinajstić information content (AvgIpc) is 3.37. The predicted molar refractivity (Wildman–Crippen MR) is 154 cm³/mol. The van der Waals surface area contributed by atoms with E-state index in [4.69, 9.17) is 18.6 Å². The normalized spacial score (nSPS) is 11.0. The van der Waals surface area contributed by atoms with E-state index < -0.39 is 28.5 Å². The van der Waals surface area contributed by atoms with E-state index in [1.807, 2.05) is 0 Å². The minimum absolute atomic E-state index is 0.0509. The lowest BCUT2D eigenvalue weighted by Gasteiger charge is -2.12. The van der Waals surface area contributed by atoms with Gasteiger partial charge in [-0.15, -0.1) is 0 Å². The Morgan fingerprint density at radius 3 is 2.07 bits per heavy atom. The molecule has 0 atom stereocenters. The van der Waals surface area contributed by atoms with Crippen molar-refractivity contribution < 1.29 is 36.6 Å². The summed E-state index contributed by atoms with van der Waals surface area (Å²) < 4.78 is 47.4. The maximum absolute atomic E-state index is 12.8. The molecule has 0 aliphatic rings. The zero-order valence-electron chi connectivity index (χ0n) is 23.2. The quantitative estimate of drug-likeness (QED) is 0.263. The maximum atomic E-state index is 12.8. The third-order valence-electron chi connectivity index (χ3n) is 6.19. The molecule has 0 aliphatic heterocycles. The Kier molecular flexibility index (Phi) is 8.95. The first-order chi connectivity index (χ1) is 20.1. The number of benzene rings is 3. The van der Waals surface area contributed by atoms with Crippen LogP contribution in [0, 0.1) is 11.3 Å². The van der Waals surface area contributed by atoms with Gasteiger partial charge in [0.2, 0.25) is 15.9 Å². The van der Waals surface area contributed by atoms with Crippen LogP contribution in [0.4, 0.5) is 5.88 Å². The number of ether oxygens (including phenoxy) is 3. The number of esters is 1. The molecule has 1 N–H and O–H groups in total. The second-order valence-electron chi connectivity index (χ2n) is 9.02. The molecule has 4 aromatic rings. The number of nitrogens with one attached hydrogen (secondary N) is 1. The highest BCUT2D eigenvalue weighted by Gasteiger charge is 2.25. The summed E-state index contributed by atoms with van der Waals surface area (Å²) in [5.41, 5.74) is 1.72. The summed E-state index contributed by atoms with van der Waals surface area (Å²) in [4.78, 5) is 25.3. The van der Waals surface area contributed by atoms with E-state index in [9.17, 15) is 23.3 Å². The number of nitriles is 1. The van der Waals surface area contributed by atoms with Crippen LogP contribution in [-0.4, -0.2) is 59.5 Å². The van der Waals surface area contributed by atoms with Crippen LogP contribution in [0.1, 0.15) is 15.9 Å². The molecule has 0 fully saturated rings. The minimum atomic E-state index is -3.78. The fourth-order valence-electron chi connectivity index (χ4n) is 3.98. The number of hydrogen-bond acceptors (Lipinski definition) is 9. The van der Waals surface area contributed by atoms with Gasteiger partial charge in [-0.05, 0) is 60.2 Å². The standard InChI is InChI=1S/C30H27N3O8S/c1-33(2)42(36,37)24-7-5-6-21(16-24)30(35)40-18-26(34)32-29-25(17-31)27(19-8-12-22(38-3)13-9-19)28(41-29)20-10-14-23(39-4)15-11-20/h5-16H,18H2,1-4H3,(H,32,34). The summed E-state index contributed by atoms with van der Waals surface area (Å²) in [6.45, 7) is -0.717. The van der Waals surface area contributed by atoms with E-state index in [0.717, 1.165) is 10.4 Å². The molecular formula is C30H27N3O8S. The molecule has 0 aliphatic carbocycles. The molecule has 12 heteroatoms. The van der Waals surface area contributed by atoms with Crippen molar-refractivity contribution in [3.05, 3.63) is 83.9 Å². The molecule has 11 nitrogen and oxygen atoms in total. The number of furan rings is 1. The number of amides is 1. The lowest BCUT2D eigenvalue weighted by Crippen LogP contribution is -2.23. The number of carbonyl (C=O) groups excluding carboxylic acids is 2. The molecule has 3 aromatic carbocycles. The highest BCUT2D eigenvalue weighted by atomic mass is 32.2. The Morgan fingerprint density at radius 2 is 1.52 bits per heavy atom. The lowest BCUT2D eigenvalue weighted by atomic mass is 9.98. The van der Waals surface area contributed by atoms with E-state index in [1.165, 1.54) is 32.3 Å². The Hall–Kier alpha value is -5.12. The van der Waals surface area contributed by atoms with Crippen molar-refractivity contribution in [1.82, 2.24) is 4.31 Å². The Balaban J connectivity index is 1.60. The van der Waals surface area contributed by atoms with Gasteiger partial charge in [0, 0.05) is 25.2 Å². The predicted octanol–water partition coefficient (Wildman–Crippen LogP) is 4.55. The third kappa shape index (κ3) is 6.27. The molecule has 1 aromatic heterocycles. The van der Waals surface area contributed by atoms with Crippen LogP contribution in [0.15, 0.2) is 82.1 Å². The molecule has 4 rings (SSSR count). The molecule has 0 unspecified atom stereocenters. The van der Waals surface area contributed by atoms with Crippen molar-refractivity contribution in [3.8, 4) is 40.0 Å². The van der Waals surface area contributed by atoms with Gasteiger partial charge in [0.1, 0.15) is 28.9 Å². The topological polar surface area (TPSA) is 148 Å². The molecule has 0 saturated carbocycles. The zero-order valence-corrected chi connectivity index (χ0v) is 24.0. The van der Waals surface area contributed by atoms with Crippen molar-refractivity contribution in [3.63, 3.8) is 0 Å². The van der Waals surface area contributed by atoms with Crippen LogP contribution >= 0.6 is 0 Å². The van der Waals surface area contributed by atoms with Gasteiger partial charge in [0.05, 0.1) is 24.7 Å². The highest BCUT2D eigenvalue weighted by Crippen LogP contribution is 2.42. The summed E-state index contributed by atoms with van der Waals surface area (Å²) in [6, 6.07) is 21.3. The highest BCUT2D eigenvalue weighted by molar-refractivity contribution is 7.89. The van der Waals surface area contributed by atoms with Crippen molar-refractivity contribution >= 4 is 27.8 Å². The summed E-state index contributed by atoms with van der Waals surface area (Å²) in [5.74, 6) is -0.240. The molecule has 0 spiro atoms. The van der Waals surface area contributed by atoms with Crippen LogP contribution in [0.5, 0.6) is 11.5 Å². The van der Waals surface area contributed by atoms with Crippen molar-refractivity contribution in [2.24, 2.45) is 0 Å². The SMILES string of the molecule is COc1ccc(-c2oc(NC(=O)COC(=O)c3cccc(S(=O)(=O)N(C)C)c3)c(C#N)c2-c2ccc(OC)cc2)cc1. The van der Waals surface area contributed by atoms with Gasteiger partial charge in [0.15, 0.2) is 6.61 Å². The van der Waals surface area contributed by atoms with E-state index in [0.29, 0.717) is 33.9 Å². The number of rotatable bonds is 10. The fraction of sp³-hybridized carbons (Fsp3) is 0.167. The van der Waals surface area contributed by atoms with Gasteiger partial charge < -0.3 is 18.6 Å². The minimum Gasteiger partial charge on any atom is -0.497 e. The van der Waals surface area contributed by atoms with Gasteiger partial charge in [-0.3, -0.25) is 10.1 Å². The van der Waals surface area contributed by atoms with Gasteiger partial charge in [-0.2, -0.15) is 5.26 Å². The van der Waals surface area contributed by atoms with E-state index in [1.54, 1.807) is 62.8 Å². The Bertz CT molecular complexity index is 1750. The van der Waals surface area contributed by atoms with Gasteiger partial charge >= 0.3 is 5.97 Å². The van der Waals surface area contributed by atoms with E-state index in [-0.39, 0.29) is 21.9 Å². The molecule has 216 valence electrons. The number of sulfonamides is 1.